The Kier molecular flexibility index (Phi) is 7.47. The average molecular weight is 484 g/mol. The molecule has 2 heterocycles. The lowest BCUT2D eigenvalue weighted by Gasteiger charge is -2.33. The summed E-state index contributed by atoms with van der Waals surface area (Å²) in [6.45, 7) is 4.06. The van der Waals surface area contributed by atoms with Crippen LogP contribution in [0.2, 0.25) is 5.02 Å². The first-order valence-corrected chi connectivity index (χ1v) is 12.1. The number of rotatable bonds is 8. The summed E-state index contributed by atoms with van der Waals surface area (Å²) in [5.74, 6) is -0.239. The minimum atomic E-state index is -3.59. The third kappa shape index (κ3) is 6.02. The van der Waals surface area contributed by atoms with E-state index in [2.05, 4.69) is 5.32 Å². The Balaban J connectivity index is 1.46. The molecule has 1 aliphatic rings. The van der Waals surface area contributed by atoms with Crippen LogP contribution in [0.3, 0.4) is 0 Å². The van der Waals surface area contributed by atoms with Gasteiger partial charge in [0, 0.05) is 37.7 Å². The van der Waals surface area contributed by atoms with Crippen LogP contribution < -0.4 is 10.1 Å². The molecule has 0 saturated carbocycles. The van der Waals surface area contributed by atoms with Crippen LogP contribution in [0.15, 0.2) is 47.1 Å². The summed E-state index contributed by atoms with van der Waals surface area (Å²) in [6.07, 6.45) is 1.42. The zero-order valence-corrected chi connectivity index (χ0v) is 19.5. The third-order valence-electron chi connectivity index (χ3n) is 5.03. The molecule has 0 atom stereocenters. The van der Waals surface area contributed by atoms with Gasteiger partial charge in [-0.15, -0.1) is 0 Å². The van der Waals surface area contributed by atoms with Crippen molar-refractivity contribution in [3.05, 3.63) is 53.4 Å². The molecule has 3 rings (SSSR count). The van der Waals surface area contributed by atoms with Gasteiger partial charge in [-0.2, -0.15) is 4.31 Å². The van der Waals surface area contributed by atoms with Gasteiger partial charge in [-0.1, -0.05) is 11.6 Å². The van der Waals surface area contributed by atoms with Crippen molar-refractivity contribution in [2.24, 2.45) is 0 Å². The Morgan fingerprint density at radius 3 is 2.38 bits per heavy atom. The van der Waals surface area contributed by atoms with Gasteiger partial charge in [0.1, 0.15) is 5.75 Å². The first-order valence-electron chi connectivity index (χ1n) is 10.1. The highest BCUT2D eigenvalue weighted by atomic mass is 35.5. The second kappa shape index (κ2) is 9.93. The first-order chi connectivity index (χ1) is 15.1. The lowest BCUT2D eigenvalue weighted by Crippen LogP contribution is -2.52. The average Bonchev–Trinajstić information content (AvgIpc) is 3.29. The summed E-state index contributed by atoms with van der Waals surface area (Å²) >= 11 is 5.85. The number of nitrogens with one attached hydrogen (secondary N) is 1. The predicted molar refractivity (Wildman–Crippen MR) is 119 cm³/mol. The normalized spacial score (nSPS) is 15.4. The van der Waals surface area contributed by atoms with Gasteiger partial charge in [0.2, 0.25) is 10.0 Å². The van der Waals surface area contributed by atoms with Gasteiger partial charge in [0.15, 0.2) is 11.4 Å². The monoisotopic (exact) mass is 483 g/mol. The van der Waals surface area contributed by atoms with Gasteiger partial charge >= 0.3 is 0 Å². The molecular weight excluding hydrogens is 458 g/mol. The number of piperazine rings is 1. The second-order valence-electron chi connectivity index (χ2n) is 7.81. The molecule has 1 aliphatic heterocycles. The minimum Gasteiger partial charge on any atom is -0.478 e. The van der Waals surface area contributed by atoms with E-state index in [-0.39, 0.29) is 50.1 Å². The van der Waals surface area contributed by atoms with Crippen molar-refractivity contribution in [3.8, 4) is 5.75 Å². The highest BCUT2D eigenvalue weighted by Crippen LogP contribution is 2.21. The van der Waals surface area contributed by atoms with Gasteiger partial charge in [0.05, 0.1) is 12.0 Å². The molecule has 1 aromatic carbocycles. The molecule has 174 valence electrons. The molecule has 0 bridgehead atoms. The standard InChI is InChI=1S/C21H26ClN3O6S/c1-21(2,31-17-7-5-16(22)6-8-17)20(27)23-9-15-32(28,29)25-12-10-24(11-13-25)19(26)18-4-3-14-30-18/h3-8,14H,9-13,15H2,1-2H3,(H,23,27). The summed E-state index contributed by atoms with van der Waals surface area (Å²) in [4.78, 5) is 26.4. The number of hydrogen-bond donors (Lipinski definition) is 1. The summed E-state index contributed by atoms with van der Waals surface area (Å²) < 4.78 is 37.5. The molecule has 1 fully saturated rings. The molecule has 11 heteroatoms. The van der Waals surface area contributed by atoms with Crippen molar-refractivity contribution >= 4 is 33.4 Å². The summed E-state index contributed by atoms with van der Waals surface area (Å²) in [6, 6.07) is 9.81. The highest BCUT2D eigenvalue weighted by Gasteiger charge is 2.32. The minimum absolute atomic E-state index is 0.0554. The fourth-order valence-corrected chi connectivity index (χ4v) is 4.67. The van der Waals surface area contributed by atoms with Crippen LogP contribution in [-0.4, -0.2) is 73.5 Å². The zero-order valence-electron chi connectivity index (χ0n) is 17.9. The number of carbonyl (C=O) groups is 2. The van der Waals surface area contributed by atoms with E-state index < -0.39 is 21.5 Å². The van der Waals surface area contributed by atoms with Gasteiger partial charge in [-0.05, 0) is 50.2 Å². The topological polar surface area (TPSA) is 109 Å². The molecule has 0 aliphatic carbocycles. The summed E-state index contributed by atoms with van der Waals surface area (Å²) in [7, 11) is -3.59. The predicted octanol–water partition coefficient (Wildman–Crippen LogP) is 1.99. The Hall–Kier alpha value is -2.56. The molecule has 0 unspecified atom stereocenters. The fourth-order valence-electron chi connectivity index (χ4n) is 3.20. The van der Waals surface area contributed by atoms with E-state index in [1.165, 1.54) is 10.6 Å². The number of sulfonamides is 1. The van der Waals surface area contributed by atoms with Crippen molar-refractivity contribution < 1.29 is 27.2 Å². The van der Waals surface area contributed by atoms with E-state index in [1.807, 2.05) is 0 Å². The molecule has 2 amide bonds. The van der Waals surface area contributed by atoms with E-state index in [0.29, 0.717) is 10.8 Å². The Morgan fingerprint density at radius 2 is 1.78 bits per heavy atom. The molecule has 9 nitrogen and oxygen atoms in total. The summed E-state index contributed by atoms with van der Waals surface area (Å²) in [5.41, 5.74) is -1.20. The van der Waals surface area contributed by atoms with Gasteiger partial charge in [-0.25, -0.2) is 8.42 Å². The van der Waals surface area contributed by atoms with E-state index in [1.54, 1.807) is 55.1 Å². The third-order valence-corrected chi connectivity index (χ3v) is 7.15. The first kappa shape index (κ1) is 24.1. The SMILES string of the molecule is CC(C)(Oc1ccc(Cl)cc1)C(=O)NCCS(=O)(=O)N1CCN(C(=O)c2ccco2)CC1. The molecular formula is C21H26ClN3O6S. The van der Waals surface area contributed by atoms with Crippen LogP contribution in [-0.2, 0) is 14.8 Å². The number of hydrogen-bond acceptors (Lipinski definition) is 6. The number of halogens is 1. The number of nitrogens with zero attached hydrogens (tertiary/aromatic N) is 2. The van der Waals surface area contributed by atoms with Crippen LogP contribution in [0, 0.1) is 0 Å². The van der Waals surface area contributed by atoms with Gasteiger partial charge in [0.25, 0.3) is 11.8 Å². The van der Waals surface area contributed by atoms with Gasteiger partial charge < -0.3 is 19.4 Å². The molecule has 32 heavy (non-hydrogen) atoms. The van der Waals surface area contributed by atoms with Crippen LogP contribution >= 0.6 is 11.6 Å². The molecule has 0 radical (unpaired) electrons. The van der Waals surface area contributed by atoms with Crippen molar-refractivity contribution in [2.45, 2.75) is 19.4 Å². The Bertz CT molecular complexity index is 1030. The number of benzene rings is 1. The van der Waals surface area contributed by atoms with Crippen LogP contribution in [0.5, 0.6) is 5.75 Å². The maximum atomic E-state index is 12.7. The van der Waals surface area contributed by atoms with E-state index >= 15 is 0 Å². The lowest BCUT2D eigenvalue weighted by atomic mass is 10.1. The van der Waals surface area contributed by atoms with Crippen molar-refractivity contribution in [1.29, 1.82) is 0 Å². The Morgan fingerprint density at radius 1 is 1.12 bits per heavy atom. The van der Waals surface area contributed by atoms with Crippen molar-refractivity contribution in [3.63, 3.8) is 0 Å². The van der Waals surface area contributed by atoms with Crippen LogP contribution in [0.25, 0.3) is 0 Å². The molecule has 1 N–H and O–H groups in total. The number of carbonyl (C=O) groups excluding carboxylic acids is 2. The van der Waals surface area contributed by atoms with Crippen molar-refractivity contribution in [2.75, 3.05) is 38.5 Å². The number of amides is 2. The number of ether oxygens (including phenoxy) is 1. The van der Waals surface area contributed by atoms with E-state index in [0.717, 1.165) is 0 Å². The van der Waals surface area contributed by atoms with E-state index in [4.69, 9.17) is 20.8 Å². The van der Waals surface area contributed by atoms with Crippen molar-refractivity contribution in [1.82, 2.24) is 14.5 Å². The smallest absolute Gasteiger partial charge is 0.289 e. The maximum absolute atomic E-state index is 12.7. The quantitative estimate of drug-likeness (QED) is 0.615. The van der Waals surface area contributed by atoms with E-state index in [9.17, 15) is 18.0 Å². The number of furan rings is 1. The Labute approximate surface area is 192 Å². The lowest BCUT2D eigenvalue weighted by molar-refractivity contribution is -0.134. The van der Waals surface area contributed by atoms with Crippen LogP contribution in [0.1, 0.15) is 24.4 Å². The summed E-state index contributed by atoms with van der Waals surface area (Å²) in [5, 5.41) is 3.17. The highest BCUT2D eigenvalue weighted by molar-refractivity contribution is 7.89. The maximum Gasteiger partial charge on any atom is 0.289 e. The zero-order chi connectivity index (χ0) is 23.4. The molecule has 2 aromatic rings. The fraction of sp³-hybridized carbons (Fsp3) is 0.429. The van der Waals surface area contributed by atoms with Crippen LogP contribution in [0.4, 0.5) is 0 Å². The van der Waals surface area contributed by atoms with Gasteiger partial charge in [-0.3, -0.25) is 9.59 Å². The molecule has 0 spiro atoms. The largest absolute Gasteiger partial charge is 0.478 e. The molecule has 1 aromatic heterocycles. The molecule has 1 saturated heterocycles. The second-order valence-corrected chi connectivity index (χ2v) is 10.3.